The minimum Gasteiger partial charge on any atom is -0.491 e. The average molecular weight is 342 g/mol. The molecule has 0 aliphatic carbocycles. The van der Waals surface area contributed by atoms with Crippen LogP contribution >= 0.6 is 38.5 Å². The van der Waals surface area contributed by atoms with Crippen molar-refractivity contribution < 1.29 is 4.74 Å². The van der Waals surface area contributed by atoms with E-state index in [4.69, 9.17) is 10.5 Å². The fraction of sp³-hybridized carbons (Fsp3) is 0.250. The molecule has 12 heavy (non-hydrogen) atoms. The van der Waals surface area contributed by atoms with Gasteiger partial charge in [-0.15, -0.1) is 0 Å². The maximum absolute atomic E-state index is 5.39. The molecule has 1 rings (SSSR count). The molecular weight excluding hydrogens is 333 g/mol. The van der Waals surface area contributed by atoms with Crippen molar-refractivity contribution in [3.05, 3.63) is 26.2 Å². The summed E-state index contributed by atoms with van der Waals surface area (Å²) in [5.74, 6) is 0.854. The first-order valence-corrected chi connectivity index (χ1v) is 5.39. The topological polar surface area (TPSA) is 35.2 Å². The lowest BCUT2D eigenvalue weighted by molar-refractivity contribution is 0.326. The molecule has 0 aliphatic heterocycles. The van der Waals surface area contributed by atoms with Crippen LogP contribution in [0.5, 0.6) is 5.75 Å². The molecule has 0 amide bonds. The van der Waals surface area contributed by atoms with Gasteiger partial charge in [-0.1, -0.05) is 0 Å². The molecule has 2 nitrogen and oxygen atoms in total. The number of rotatable bonds is 3. The highest BCUT2D eigenvalue weighted by Crippen LogP contribution is 2.26. The van der Waals surface area contributed by atoms with E-state index in [9.17, 15) is 0 Å². The summed E-state index contributed by atoms with van der Waals surface area (Å²) < 4.78 is 7.51. The Morgan fingerprint density at radius 2 is 2.25 bits per heavy atom. The van der Waals surface area contributed by atoms with Crippen molar-refractivity contribution in [2.75, 3.05) is 13.2 Å². The standard InChI is InChI=1S/C8H9BrINO/c9-7-2-1-6(10)5-8(7)12-4-3-11/h1-2,5H,3-4,11H2. The van der Waals surface area contributed by atoms with Crippen molar-refractivity contribution in [3.8, 4) is 5.75 Å². The summed E-state index contributed by atoms with van der Waals surface area (Å²) in [6.45, 7) is 1.09. The van der Waals surface area contributed by atoms with Crippen molar-refractivity contribution in [2.45, 2.75) is 0 Å². The average Bonchev–Trinajstić information content (AvgIpc) is 2.07. The second-order valence-corrected chi connectivity index (χ2v) is 4.31. The third kappa shape index (κ3) is 2.91. The van der Waals surface area contributed by atoms with E-state index in [0.29, 0.717) is 13.2 Å². The van der Waals surface area contributed by atoms with Gasteiger partial charge >= 0.3 is 0 Å². The molecule has 2 N–H and O–H groups in total. The van der Waals surface area contributed by atoms with Gasteiger partial charge in [0.05, 0.1) is 4.47 Å². The van der Waals surface area contributed by atoms with Gasteiger partial charge in [-0.3, -0.25) is 0 Å². The minimum atomic E-state index is 0.540. The highest BCUT2D eigenvalue weighted by molar-refractivity contribution is 14.1. The largest absolute Gasteiger partial charge is 0.491 e. The van der Waals surface area contributed by atoms with Crippen LogP contribution in [0.25, 0.3) is 0 Å². The van der Waals surface area contributed by atoms with Crippen LogP contribution in [0, 0.1) is 3.57 Å². The van der Waals surface area contributed by atoms with Gasteiger partial charge in [0.1, 0.15) is 12.4 Å². The highest BCUT2D eigenvalue weighted by Gasteiger charge is 2.00. The SMILES string of the molecule is NCCOc1cc(I)ccc1Br. The third-order valence-electron chi connectivity index (χ3n) is 1.27. The van der Waals surface area contributed by atoms with Crippen molar-refractivity contribution in [2.24, 2.45) is 5.73 Å². The number of nitrogens with two attached hydrogens (primary N) is 1. The number of halogens is 2. The lowest BCUT2D eigenvalue weighted by Gasteiger charge is -2.06. The Bertz CT molecular complexity index is 267. The summed E-state index contributed by atoms with van der Waals surface area (Å²) in [5, 5.41) is 0. The number of hydrogen-bond donors (Lipinski definition) is 1. The summed E-state index contributed by atoms with van der Waals surface area (Å²) in [6, 6.07) is 5.95. The van der Waals surface area contributed by atoms with E-state index < -0.39 is 0 Å². The molecule has 0 atom stereocenters. The van der Waals surface area contributed by atoms with Gasteiger partial charge in [-0.05, 0) is 56.7 Å². The molecule has 0 spiro atoms. The zero-order chi connectivity index (χ0) is 8.97. The minimum absolute atomic E-state index is 0.540. The molecule has 0 aliphatic rings. The molecule has 1 aromatic rings. The Balaban J connectivity index is 2.75. The van der Waals surface area contributed by atoms with Crippen LogP contribution in [0.3, 0.4) is 0 Å². The van der Waals surface area contributed by atoms with Gasteiger partial charge in [0.15, 0.2) is 0 Å². The van der Waals surface area contributed by atoms with Crippen molar-refractivity contribution in [3.63, 3.8) is 0 Å². The Hall–Kier alpha value is 0.190. The van der Waals surface area contributed by atoms with Crippen LogP contribution in [-0.2, 0) is 0 Å². The maximum Gasteiger partial charge on any atom is 0.134 e. The van der Waals surface area contributed by atoms with Crippen LogP contribution < -0.4 is 10.5 Å². The van der Waals surface area contributed by atoms with Crippen LogP contribution in [-0.4, -0.2) is 13.2 Å². The first-order chi connectivity index (χ1) is 5.74. The fourth-order valence-electron chi connectivity index (χ4n) is 0.757. The predicted octanol–water partition coefficient (Wildman–Crippen LogP) is 2.39. The van der Waals surface area contributed by atoms with Crippen LogP contribution in [0.2, 0.25) is 0 Å². The van der Waals surface area contributed by atoms with Crippen molar-refractivity contribution in [1.29, 1.82) is 0 Å². The summed E-state index contributed by atoms with van der Waals surface area (Å²) in [5.41, 5.74) is 5.32. The third-order valence-corrected chi connectivity index (χ3v) is 2.59. The molecule has 0 bridgehead atoms. The summed E-state index contributed by atoms with van der Waals surface area (Å²) in [6.07, 6.45) is 0. The zero-order valence-corrected chi connectivity index (χ0v) is 10.1. The van der Waals surface area contributed by atoms with E-state index >= 15 is 0 Å². The summed E-state index contributed by atoms with van der Waals surface area (Å²) in [7, 11) is 0. The van der Waals surface area contributed by atoms with Gasteiger partial charge in [0, 0.05) is 10.1 Å². The Morgan fingerprint density at radius 1 is 1.50 bits per heavy atom. The van der Waals surface area contributed by atoms with Gasteiger partial charge in [0.2, 0.25) is 0 Å². The van der Waals surface area contributed by atoms with E-state index in [1.165, 1.54) is 0 Å². The molecule has 4 heteroatoms. The first-order valence-electron chi connectivity index (χ1n) is 3.52. The summed E-state index contributed by atoms with van der Waals surface area (Å²) in [4.78, 5) is 0. The number of benzene rings is 1. The molecular formula is C8H9BrINO. The smallest absolute Gasteiger partial charge is 0.134 e. The Labute approximate surface area is 93.7 Å². The van der Waals surface area contributed by atoms with Crippen LogP contribution in [0.4, 0.5) is 0 Å². The van der Waals surface area contributed by atoms with Gasteiger partial charge in [-0.25, -0.2) is 0 Å². The van der Waals surface area contributed by atoms with Crippen LogP contribution in [0.15, 0.2) is 22.7 Å². The Kier molecular flexibility index (Phi) is 4.31. The molecule has 0 fully saturated rings. The molecule has 0 saturated carbocycles. The second kappa shape index (κ2) is 5.04. The molecule has 0 aromatic heterocycles. The van der Waals surface area contributed by atoms with E-state index in [2.05, 4.69) is 38.5 Å². The molecule has 0 saturated heterocycles. The highest BCUT2D eigenvalue weighted by atomic mass is 127. The fourth-order valence-corrected chi connectivity index (χ4v) is 1.58. The Morgan fingerprint density at radius 3 is 2.92 bits per heavy atom. The van der Waals surface area contributed by atoms with Gasteiger partial charge in [0.25, 0.3) is 0 Å². The molecule has 0 radical (unpaired) electrons. The van der Waals surface area contributed by atoms with Gasteiger partial charge < -0.3 is 10.5 Å². The number of hydrogen-bond acceptors (Lipinski definition) is 2. The second-order valence-electron chi connectivity index (χ2n) is 2.21. The maximum atomic E-state index is 5.39. The molecule has 66 valence electrons. The quantitative estimate of drug-likeness (QED) is 0.857. The zero-order valence-electron chi connectivity index (χ0n) is 6.39. The first kappa shape index (κ1) is 10.3. The van der Waals surface area contributed by atoms with Crippen LogP contribution in [0.1, 0.15) is 0 Å². The molecule has 0 heterocycles. The normalized spacial score (nSPS) is 9.92. The summed E-state index contributed by atoms with van der Waals surface area (Å²) >= 11 is 5.63. The van der Waals surface area contributed by atoms with E-state index in [1.807, 2.05) is 18.2 Å². The van der Waals surface area contributed by atoms with Gasteiger partial charge in [-0.2, -0.15) is 0 Å². The van der Waals surface area contributed by atoms with Crippen molar-refractivity contribution >= 4 is 38.5 Å². The predicted molar refractivity (Wildman–Crippen MR) is 61.4 cm³/mol. The lowest BCUT2D eigenvalue weighted by atomic mass is 10.3. The van der Waals surface area contributed by atoms with E-state index in [1.54, 1.807) is 0 Å². The molecule has 0 unspecified atom stereocenters. The van der Waals surface area contributed by atoms with Crippen molar-refractivity contribution in [1.82, 2.24) is 0 Å². The monoisotopic (exact) mass is 341 g/mol. The number of ether oxygens (including phenoxy) is 1. The lowest BCUT2D eigenvalue weighted by Crippen LogP contribution is -2.10. The van der Waals surface area contributed by atoms with E-state index in [0.717, 1.165) is 13.8 Å². The molecule has 1 aromatic carbocycles. The van der Waals surface area contributed by atoms with E-state index in [-0.39, 0.29) is 0 Å².